The Hall–Kier alpha value is -3.10. The first kappa shape index (κ1) is 22.2. The number of ether oxygens (including phenoxy) is 3. The van der Waals surface area contributed by atoms with E-state index in [1.165, 1.54) is 0 Å². The van der Waals surface area contributed by atoms with Gasteiger partial charge in [-0.05, 0) is 40.2 Å². The second-order valence-electron chi connectivity index (χ2n) is 7.28. The van der Waals surface area contributed by atoms with E-state index in [9.17, 15) is 14.4 Å². The van der Waals surface area contributed by atoms with Crippen LogP contribution >= 0.6 is 0 Å². The van der Waals surface area contributed by atoms with Gasteiger partial charge in [0.25, 0.3) is 5.66 Å². The molecule has 0 N–H and O–H groups in total. The number of rotatable bonds is 5. The van der Waals surface area contributed by atoms with E-state index in [-0.39, 0.29) is 19.6 Å². The van der Waals surface area contributed by atoms with Gasteiger partial charge in [-0.1, -0.05) is 30.3 Å². The number of hydrazine groups is 1. The monoisotopic (exact) mass is 405 g/mol. The molecule has 1 aromatic rings. The smallest absolute Gasteiger partial charge is 0.434 e. The summed E-state index contributed by atoms with van der Waals surface area (Å²) < 4.78 is 15.7. The summed E-state index contributed by atoms with van der Waals surface area (Å²) in [5.41, 5.74) is -1.97. The Morgan fingerprint density at radius 3 is 2.14 bits per heavy atom. The Kier molecular flexibility index (Phi) is 6.84. The summed E-state index contributed by atoms with van der Waals surface area (Å²) in [6.45, 7) is 8.49. The van der Waals surface area contributed by atoms with Gasteiger partial charge in [0.1, 0.15) is 11.9 Å². The van der Waals surface area contributed by atoms with Crippen LogP contribution in [0.5, 0.6) is 0 Å². The number of nitrogens with zero attached hydrogens (tertiary/aromatic N) is 3. The van der Waals surface area contributed by atoms with Gasteiger partial charge in [-0.3, -0.25) is 0 Å². The number of amides is 2. The summed E-state index contributed by atoms with van der Waals surface area (Å²) in [5.74, 6) is -0.787. The maximum absolute atomic E-state index is 13.3. The fourth-order valence-electron chi connectivity index (χ4n) is 2.75. The van der Waals surface area contributed by atoms with Gasteiger partial charge in [-0.25, -0.2) is 19.4 Å². The average Bonchev–Trinajstić information content (AvgIpc) is 3.02. The molecule has 9 heteroatoms. The molecule has 29 heavy (non-hydrogen) atoms. The number of carbonyl (C=O) groups is 3. The minimum atomic E-state index is -1.85. The molecule has 1 atom stereocenters. The van der Waals surface area contributed by atoms with Crippen molar-refractivity contribution in [2.24, 2.45) is 4.99 Å². The molecule has 0 bridgehead atoms. The molecule has 0 aliphatic carbocycles. The average molecular weight is 405 g/mol. The SMILES string of the molecule is CCOC(=O)N1C=NC(Cc2ccccc2)(C(=O)OC(C)(C)C)N1C(=O)OCC. The van der Waals surface area contributed by atoms with Crippen LogP contribution < -0.4 is 0 Å². The maximum atomic E-state index is 13.3. The molecule has 0 radical (unpaired) electrons. The lowest BCUT2D eigenvalue weighted by Crippen LogP contribution is -2.62. The lowest BCUT2D eigenvalue weighted by atomic mass is 9.99. The van der Waals surface area contributed by atoms with Gasteiger partial charge in [0.2, 0.25) is 0 Å². The van der Waals surface area contributed by atoms with Crippen molar-refractivity contribution in [1.29, 1.82) is 0 Å². The Morgan fingerprint density at radius 2 is 1.59 bits per heavy atom. The van der Waals surface area contributed by atoms with E-state index in [1.807, 2.05) is 6.07 Å². The zero-order valence-electron chi connectivity index (χ0n) is 17.4. The maximum Gasteiger partial charge on any atom is 0.434 e. The summed E-state index contributed by atoms with van der Waals surface area (Å²) in [6, 6.07) is 9.01. The number of aliphatic imine (C=N–C) groups is 1. The molecule has 9 nitrogen and oxygen atoms in total. The molecular weight excluding hydrogens is 378 g/mol. The van der Waals surface area contributed by atoms with Gasteiger partial charge >= 0.3 is 18.2 Å². The van der Waals surface area contributed by atoms with Crippen molar-refractivity contribution in [2.45, 2.75) is 52.3 Å². The van der Waals surface area contributed by atoms with E-state index >= 15 is 0 Å². The second kappa shape index (κ2) is 8.93. The van der Waals surface area contributed by atoms with Crippen LogP contribution in [0.25, 0.3) is 0 Å². The fourth-order valence-corrected chi connectivity index (χ4v) is 2.75. The van der Waals surface area contributed by atoms with Gasteiger partial charge in [-0.15, -0.1) is 0 Å². The van der Waals surface area contributed by atoms with Gasteiger partial charge in [0, 0.05) is 6.42 Å². The Morgan fingerprint density at radius 1 is 1.00 bits per heavy atom. The van der Waals surface area contributed by atoms with Crippen LogP contribution in [-0.4, -0.2) is 59.0 Å². The van der Waals surface area contributed by atoms with Crippen LogP contribution in [0.3, 0.4) is 0 Å². The molecule has 0 aromatic heterocycles. The molecule has 0 saturated carbocycles. The highest BCUT2D eigenvalue weighted by Crippen LogP contribution is 2.33. The second-order valence-corrected chi connectivity index (χ2v) is 7.28. The van der Waals surface area contributed by atoms with E-state index in [2.05, 4.69) is 4.99 Å². The Balaban J connectivity index is 2.55. The topological polar surface area (TPSA) is 97.7 Å². The van der Waals surface area contributed by atoms with Crippen LogP contribution in [0.4, 0.5) is 9.59 Å². The van der Waals surface area contributed by atoms with E-state index in [0.29, 0.717) is 0 Å². The third kappa shape index (κ3) is 5.04. The first-order valence-corrected chi connectivity index (χ1v) is 9.40. The highest BCUT2D eigenvalue weighted by molar-refractivity contribution is 5.95. The van der Waals surface area contributed by atoms with Crippen LogP contribution in [-0.2, 0) is 25.4 Å². The van der Waals surface area contributed by atoms with Crippen molar-refractivity contribution in [1.82, 2.24) is 10.0 Å². The minimum Gasteiger partial charge on any atom is -0.457 e. The molecule has 2 amide bonds. The zero-order chi connectivity index (χ0) is 21.7. The summed E-state index contributed by atoms with van der Waals surface area (Å²) in [6.07, 6.45) is -0.710. The molecule has 1 aliphatic rings. The van der Waals surface area contributed by atoms with Gasteiger partial charge in [0.15, 0.2) is 0 Å². The van der Waals surface area contributed by atoms with Crippen molar-refractivity contribution in [3.8, 4) is 0 Å². The number of carbonyl (C=O) groups excluding carboxylic acids is 3. The van der Waals surface area contributed by atoms with Gasteiger partial charge in [0.05, 0.1) is 13.2 Å². The molecule has 1 unspecified atom stereocenters. The van der Waals surface area contributed by atoms with Crippen molar-refractivity contribution >= 4 is 24.5 Å². The molecule has 0 saturated heterocycles. The quantitative estimate of drug-likeness (QED) is 0.551. The van der Waals surface area contributed by atoms with E-state index < -0.39 is 29.4 Å². The van der Waals surface area contributed by atoms with Gasteiger partial charge < -0.3 is 14.2 Å². The third-order valence-corrected chi connectivity index (χ3v) is 3.86. The molecule has 0 spiro atoms. The predicted octanol–water partition coefficient (Wildman–Crippen LogP) is 3.14. The normalized spacial score (nSPS) is 18.5. The van der Waals surface area contributed by atoms with Crippen LogP contribution in [0, 0.1) is 0 Å². The number of esters is 1. The molecule has 1 aliphatic heterocycles. The number of hydrogen-bond acceptors (Lipinski definition) is 7. The first-order valence-electron chi connectivity index (χ1n) is 9.40. The zero-order valence-corrected chi connectivity index (χ0v) is 17.4. The molecule has 2 rings (SSSR count). The largest absolute Gasteiger partial charge is 0.457 e. The number of hydrogen-bond donors (Lipinski definition) is 0. The highest BCUT2D eigenvalue weighted by Gasteiger charge is 2.57. The Labute approximate surface area is 170 Å². The summed E-state index contributed by atoms with van der Waals surface area (Å²) in [5, 5.41) is 1.70. The van der Waals surface area contributed by atoms with Crippen molar-refractivity contribution in [2.75, 3.05) is 13.2 Å². The predicted molar refractivity (Wildman–Crippen MR) is 105 cm³/mol. The third-order valence-electron chi connectivity index (χ3n) is 3.86. The van der Waals surface area contributed by atoms with E-state index in [1.54, 1.807) is 58.9 Å². The summed E-state index contributed by atoms with van der Waals surface area (Å²) >= 11 is 0. The van der Waals surface area contributed by atoms with Crippen LogP contribution in [0.15, 0.2) is 35.3 Å². The van der Waals surface area contributed by atoms with E-state index in [4.69, 9.17) is 14.2 Å². The lowest BCUT2D eigenvalue weighted by Gasteiger charge is -2.37. The molecule has 158 valence electrons. The number of benzene rings is 1. The van der Waals surface area contributed by atoms with Crippen molar-refractivity contribution in [3.05, 3.63) is 35.9 Å². The fraction of sp³-hybridized carbons (Fsp3) is 0.500. The standard InChI is InChI=1S/C20H27N3O6/c1-6-27-17(25)22-14-21-20(16(24)29-19(3,4)5,23(22)18(26)28-7-2)13-15-11-9-8-10-12-15/h8-12,14H,6-7,13H2,1-5H3. The summed E-state index contributed by atoms with van der Waals surface area (Å²) in [4.78, 5) is 42.8. The molecular formula is C20H27N3O6. The molecule has 1 aromatic carbocycles. The van der Waals surface area contributed by atoms with Gasteiger partial charge in [-0.2, -0.15) is 10.0 Å². The Bertz CT molecular complexity index is 774. The summed E-state index contributed by atoms with van der Waals surface area (Å²) in [7, 11) is 0. The van der Waals surface area contributed by atoms with Crippen molar-refractivity contribution < 1.29 is 28.6 Å². The van der Waals surface area contributed by atoms with Crippen LogP contribution in [0.2, 0.25) is 0 Å². The van der Waals surface area contributed by atoms with E-state index in [0.717, 1.165) is 21.9 Å². The molecule has 1 heterocycles. The van der Waals surface area contributed by atoms with Crippen molar-refractivity contribution in [3.63, 3.8) is 0 Å². The molecule has 0 fully saturated rings. The first-order chi connectivity index (χ1) is 13.6. The highest BCUT2D eigenvalue weighted by atomic mass is 16.6. The lowest BCUT2D eigenvalue weighted by molar-refractivity contribution is -0.172. The minimum absolute atomic E-state index is 0.0199. The van der Waals surface area contributed by atoms with Crippen LogP contribution in [0.1, 0.15) is 40.2 Å².